The van der Waals surface area contributed by atoms with Crippen molar-refractivity contribution in [2.75, 3.05) is 11.9 Å². The molecule has 1 fully saturated rings. The van der Waals surface area contributed by atoms with Gasteiger partial charge in [0.15, 0.2) is 0 Å². The van der Waals surface area contributed by atoms with Crippen molar-refractivity contribution in [1.29, 1.82) is 0 Å². The second kappa shape index (κ2) is 8.08. The molecule has 2 amide bonds. The Hall–Kier alpha value is -3.41. The summed E-state index contributed by atoms with van der Waals surface area (Å²) in [5.74, 6) is -0.216. The minimum Gasteiger partial charge on any atom is -0.445 e. The van der Waals surface area contributed by atoms with Gasteiger partial charge in [0.05, 0.1) is 17.4 Å². The molecule has 1 aliphatic rings. The van der Waals surface area contributed by atoms with Crippen LogP contribution in [0.5, 0.6) is 0 Å². The topological polar surface area (TPSA) is 71.5 Å². The first-order valence-electron chi connectivity index (χ1n) is 9.34. The third-order valence-corrected chi connectivity index (χ3v) is 4.85. The highest BCUT2D eigenvalue weighted by Gasteiger charge is 2.35. The third kappa shape index (κ3) is 3.96. The summed E-state index contributed by atoms with van der Waals surface area (Å²) >= 11 is 0. The summed E-state index contributed by atoms with van der Waals surface area (Å²) in [6.45, 7) is 0.709. The van der Waals surface area contributed by atoms with Crippen LogP contribution in [0.3, 0.4) is 0 Å². The van der Waals surface area contributed by atoms with E-state index in [4.69, 9.17) is 4.74 Å². The van der Waals surface area contributed by atoms with Gasteiger partial charge in [0.25, 0.3) is 0 Å². The summed E-state index contributed by atoms with van der Waals surface area (Å²) in [5.41, 5.74) is 2.40. The van der Waals surface area contributed by atoms with Crippen molar-refractivity contribution in [3.05, 3.63) is 72.4 Å². The number of carbonyl (C=O) groups is 2. The zero-order chi connectivity index (χ0) is 19.3. The van der Waals surface area contributed by atoms with E-state index in [2.05, 4.69) is 10.3 Å². The van der Waals surface area contributed by atoms with Gasteiger partial charge >= 0.3 is 6.09 Å². The summed E-state index contributed by atoms with van der Waals surface area (Å²) < 4.78 is 5.39. The number of para-hydroxylation sites is 1. The Bertz CT molecular complexity index is 990. The summed E-state index contributed by atoms with van der Waals surface area (Å²) in [4.78, 5) is 31.1. The summed E-state index contributed by atoms with van der Waals surface area (Å²) in [5, 5.41) is 3.83. The van der Waals surface area contributed by atoms with Gasteiger partial charge in [-0.1, -0.05) is 48.5 Å². The summed E-state index contributed by atoms with van der Waals surface area (Å²) in [6, 6.07) is 18.6. The first-order chi connectivity index (χ1) is 13.7. The number of pyridine rings is 1. The van der Waals surface area contributed by atoms with Crippen LogP contribution < -0.4 is 5.32 Å². The number of amides is 2. The van der Waals surface area contributed by atoms with E-state index in [1.807, 2.05) is 60.7 Å². The molecule has 142 valence electrons. The van der Waals surface area contributed by atoms with Gasteiger partial charge in [0, 0.05) is 11.9 Å². The Morgan fingerprint density at radius 3 is 2.75 bits per heavy atom. The van der Waals surface area contributed by atoms with E-state index >= 15 is 0 Å². The number of nitrogens with one attached hydrogen (secondary N) is 1. The van der Waals surface area contributed by atoms with Crippen LogP contribution in [0.4, 0.5) is 10.5 Å². The van der Waals surface area contributed by atoms with Crippen LogP contribution in [0, 0.1) is 0 Å². The highest BCUT2D eigenvalue weighted by atomic mass is 16.6. The summed E-state index contributed by atoms with van der Waals surface area (Å²) in [7, 11) is 0. The van der Waals surface area contributed by atoms with E-state index in [1.54, 1.807) is 6.20 Å². The van der Waals surface area contributed by atoms with E-state index in [-0.39, 0.29) is 12.5 Å². The highest BCUT2D eigenvalue weighted by Crippen LogP contribution is 2.22. The van der Waals surface area contributed by atoms with Gasteiger partial charge in [0.2, 0.25) is 5.91 Å². The molecule has 28 heavy (non-hydrogen) atoms. The molecule has 0 saturated carbocycles. The van der Waals surface area contributed by atoms with E-state index in [1.165, 1.54) is 4.90 Å². The molecule has 1 aromatic heterocycles. The van der Waals surface area contributed by atoms with Crippen LogP contribution in [0.2, 0.25) is 0 Å². The number of fused-ring (bicyclic) bond motifs is 1. The lowest BCUT2D eigenvalue weighted by molar-refractivity contribution is -0.120. The monoisotopic (exact) mass is 375 g/mol. The van der Waals surface area contributed by atoms with Crippen molar-refractivity contribution in [1.82, 2.24) is 9.88 Å². The Morgan fingerprint density at radius 2 is 1.89 bits per heavy atom. The number of rotatable bonds is 4. The molecule has 1 unspecified atom stereocenters. The normalized spacial score (nSPS) is 16.1. The number of hydrogen-bond acceptors (Lipinski definition) is 4. The molecule has 1 aliphatic heterocycles. The molecule has 1 atom stereocenters. The second-order valence-corrected chi connectivity index (χ2v) is 6.80. The Labute approximate surface area is 163 Å². The van der Waals surface area contributed by atoms with Crippen molar-refractivity contribution < 1.29 is 14.3 Å². The molecule has 1 saturated heterocycles. The van der Waals surface area contributed by atoms with Crippen molar-refractivity contribution in [2.45, 2.75) is 25.5 Å². The standard InChI is InChI=1S/C22H21N3O3/c26-21(24-18-13-17-9-4-5-10-19(17)23-14-18)20-11-6-12-25(20)22(27)28-15-16-7-2-1-3-8-16/h1-5,7-10,13-14,20H,6,11-12,15H2,(H,24,26). The van der Waals surface area contributed by atoms with Crippen molar-refractivity contribution in [3.8, 4) is 0 Å². The molecule has 0 aliphatic carbocycles. The molecule has 2 aromatic carbocycles. The molecule has 0 bridgehead atoms. The molecule has 4 rings (SSSR count). The van der Waals surface area contributed by atoms with Gasteiger partial charge in [0.1, 0.15) is 12.6 Å². The van der Waals surface area contributed by atoms with Crippen molar-refractivity contribution >= 4 is 28.6 Å². The minimum absolute atomic E-state index is 0.194. The molecule has 6 heteroatoms. The molecular formula is C22H21N3O3. The minimum atomic E-state index is -0.533. The number of anilines is 1. The molecule has 6 nitrogen and oxygen atoms in total. The number of hydrogen-bond donors (Lipinski definition) is 1. The smallest absolute Gasteiger partial charge is 0.410 e. The lowest BCUT2D eigenvalue weighted by Crippen LogP contribution is -2.43. The van der Waals surface area contributed by atoms with Gasteiger partial charge in [-0.25, -0.2) is 4.79 Å². The lowest BCUT2D eigenvalue weighted by atomic mass is 10.2. The predicted molar refractivity (Wildman–Crippen MR) is 107 cm³/mol. The van der Waals surface area contributed by atoms with E-state index in [0.717, 1.165) is 22.9 Å². The maximum Gasteiger partial charge on any atom is 0.410 e. The molecule has 1 N–H and O–H groups in total. The average molecular weight is 375 g/mol. The van der Waals surface area contributed by atoms with E-state index in [9.17, 15) is 9.59 Å². The maximum absolute atomic E-state index is 12.8. The van der Waals surface area contributed by atoms with Crippen LogP contribution in [-0.2, 0) is 16.1 Å². The second-order valence-electron chi connectivity index (χ2n) is 6.80. The van der Waals surface area contributed by atoms with Crippen LogP contribution in [0.25, 0.3) is 10.9 Å². The lowest BCUT2D eigenvalue weighted by Gasteiger charge is -2.23. The predicted octanol–water partition coefficient (Wildman–Crippen LogP) is 3.97. The zero-order valence-corrected chi connectivity index (χ0v) is 15.4. The molecular weight excluding hydrogens is 354 g/mol. The number of likely N-dealkylation sites (tertiary alicyclic amines) is 1. The molecule has 3 aromatic rings. The fraction of sp³-hybridized carbons (Fsp3) is 0.227. The van der Waals surface area contributed by atoms with Crippen molar-refractivity contribution in [2.24, 2.45) is 0 Å². The van der Waals surface area contributed by atoms with E-state index in [0.29, 0.717) is 18.7 Å². The van der Waals surface area contributed by atoms with Crippen LogP contribution in [0.1, 0.15) is 18.4 Å². The summed E-state index contributed by atoms with van der Waals surface area (Å²) in [6.07, 6.45) is 2.56. The van der Waals surface area contributed by atoms with Gasteiger partial charge < -0.3 is 10.1 Å². The fourth-order valence-electron chi connectivity index (χ4n) is 3.42. The van der Waals surface area contributed by atoms with Crippen LogP contribution in [0.15, 0.2) is 66.9 Å². The Morgan fingerprint density at radius 1 is 1.11 bits per heavy atom. The molecule has 2 heterocycles. The number of ether oxygens (including phenoxy) is 1. The Kier molecular flexibility index (Phi) is 5.19. The maximum atomic E-state index is 12.8. The number of aromatic nitrogens is 1. The van der Waals surface area contributed by atoms with Crippen LogP contribution in [-0.4, -0.2) is 34.5 Å². The zero-order valence-electron chi connectivity index (χ0n) is 15.4. The molecule has 0 spiro atoms. The first kappa shape index (κ1) is 18.0. The molecule has 0 radical (unpaired) electrons. The average Bonchev–Trinajstić information content (AvgIpc) is 3.23. The fourth-order valence-corrected chi connectivity index (χ4v) is 3.42. The number of nitrogens with zero attached hydrogens (tertiary/aromatic N) is 2. The van der Waals surface area contributed by atoms with Gasteiger partial charge in [-0.3, -0.25) is 14.7 Å². The highest BCUT2D eigenvalue weighted by molar-refractivity contribution is 5.98. The van der Waals surface area contributed by atoms with E-state index < -0.39 is 12.1 Å². The quantitative estimate of drug-likeness (QED) is 0.749. The van der Waals surface area contributed by atoms with Gasteiger partial charge in [-0.05, 0) is 30.5 Å². The van der Waals surface area contributed by atoms with Crippen molar-refractivity contribution in [3.63, 3.8) is 0 Å². The third-order valence-electron chi connectivity index (χ3n) is 4.85. The SMILES string of the molecule is O=C(Nc1cnc2ccccc2c1)C1CCCN1C(=O)OCc1ccccc1. The first-order valence-corrected chi connectivity index (χ1v) is 9.34. The van der Waals surface area contributed by atoms with Gasteiger partial charge in [-0.15, -0.1) is 0 Å². The largest absolute Gasteiger partial charge is 0.445 e. The van der Waals surface area contributed by atoms with Gasteiger partial charge in [-0.2, -0.15) is 0 Å². The number of carbonyl (C=O) groups excluding carboxylic acids is 2. The van der Waals surface area contributed by atoms with Crippen LogP contribution >= 0.6 is 0 Å². The number of benzene rings is 2. The Balaban J connectivity index is 1.40.